The highest BCUT2D eigenvalue weighted by molar-refractivity contribution is 7.16. The number of benzene rings is 1. The molecule has 25 heavy (non-hydrogen) atoms. The zero-order valence-electron chi connectivity index (χ0n) is 14.9. The maximum absolute atomic E-state index is 12.5. The number of fused-ring (bicyclic) bond motifs is 1. The van der Waals surface area contributed by atoms with Gasteiger partial charge >= 0.3 is 5.97 Å². The van der Waals surface area contributed by atoms with Gasteiger partial charge in [-0.05, 0) is 56.7 Å². The van der Waals surface area contributed by atoms with E-state index < -0.39 is 0 Å². The standard InChI is InChI=1S/C20H25NO3S/c1-3-24-20(23)18-15-7-5-4-6-8-17(15)25-19(18)21-12-14-10-9-13(2)11-16(14)22/h9-11,21-22H,3-8,12H2,1-2H3. The number of phenolic OH excluding ortho intramolecular Hbond substituents is 1. The van der Waals surface area contributed by atoms with Gasteiger partial charge in [0.2, 0.25) is 0 Å². The van der Waals surface area contributed by atoms with Crippen LogP contribution in [0.5, 0.6) is 5.75 Å². The lowest BCUT2D eigenvalue weighted by Gasteiger charge is -2.10. The first-order valence-electron chi connectivity index (χ1n) is 8.94. The van der Waals surface area contributed by atoms with E-state index >= 15 is 0 Å². The average molecular weight is 359 g/mol. The van der Waals surface area contributed by atoms with Gasteiger partial charge in [-0.25, -0.2) is 4.79 Å². The van der Waals surface area contributed by atoms with Crippen LogP contribution < -0.4 is 5.32 Å². The van der Waals surface area contributed by atoms with E-state index in [1.165, 1.54) is 17.7 Å². The smallest absolute Gasteiger partial charge is 0.341 e. The summed E-state index contributed by atoms with van der Waals surface area (Å²) in [7, 11) is 0. The Morgan fingerprint density at radius 3 is 2.84 bits per heavy atom. The molecule has 4 nitrogen and oxygen atoms in total. The Bertz CT molecular complexity index is 767. The SMILES string of the molecule is CCOC(=O)c1c(NCc2ccc(C)cc2O)sc2c1CCCCC2. The maximum Gasteiger partial charge on any atom is 0.341 e. The number of thiophene rings is 1. The molecule has 0 saturated heterocycles. The fraction of sp³-hybridized carbons (Fsp3) is 0.450. The molecule has 3 rings (SSSR count). The molecule has 0 saturated carbocycles. The van der Waals surface area contributed by atoms with Crippen molar-refractivity contribution in [3.63, 3.8) is 0 Å². The van der Waals surface area contributed by atoms with Gasteiger partial charge in [-0.3, -0.25) is 0 Å². The van der Waals surface area contributed by atoms with Crippen LogP contribution in [0.4, 0.5) is 5.00 Å². The van der Waals surface area contributed by atoms with Crippen LogP contribution in [-0.4, -0.2) is 17.7 Å². The van der Waals surface area contributed by atoms with Crippen LogP contribution in [0.2, 0.25) is 0 Å². The summed E-state index contributed by atoms with van der Waals surface area (Å²) < 4.78 is 5.30. The number of esters is 1. The number of ether oxygens (including phenoxy) is 1. The highest BCUT2D eigenvalue weighted by atomic mass is 32.1. The molecule has 134 valence electrons. The average Bonchev–Trinajstić information content (AvgIpc) is 2.76. The molecular weight excluding hydrogens is 334 g/mol. The lowest BCUT2D eigenvalue weighted by molar-refractivity contribution is 0.0526. The Balaban J connectivity index is 1.88. The van der Waals surface area contributed by atoms with Gasteiger partial charge in [-0.2, -0.15) is 0 Å². The van der Waals surface area contributed by atoms with Gasteiger partial charge in [-0.15, -0.1) is 11.3 Å². The van der Waals surface area contributed by atoms with Gasteiger partial charge in [0.1, 0.15) is 10.8 Å². The molecule has 0 bridgehead atoms. The Morgan fingerprint density at radius 2 is 2.08 bits per heavy atom. The molecule has 0 amide bonds. The molecule has 2 aromatic rings. The van der Waals surface area contributed by atoms with Gasteiger partial charge in [0.25, 0.3) is 0 Å². The molecule has 0 radical (unpaired) electrons. The van der Waals surface area contributed by atoms with Crippen molar-refractivity contribution in [3.05, 3.63) is 45.3 Å². The van der Waals surface area contributed by atoms with E-state index in [2.05, 4.69) is 5.32 Å². The first-order chi connectivity index (χ1) is 12.1. The molecule has 1 aliphatic carbocycles. The quantitative estimate of drug-likeness (QED) is 0.593. The van der Waals surface area contributed by atoms with Crippen molar-refractivity contribution >= 4 is 22.3 Å². The summed E-state index contributed by atoms with van der Waals surface area (Å²) in [6.45, 7) is 4.64. The number of aromatic hydroxyl groups is 1. The first-order valence-corrected chi connectivity index (χ1v) is 9.75. The molecule has 5 heteroatoms. The Kier molecular flexibility index (Phi) is 5.63. The summed E-state index contributed by atoms with van der Waals surface area (Å²) in [5.74, 6) is 0.0424. The van der Waals surface area contributed by atoms with Gasteiger partial charge < -0.3 is 15.2 Å². The number of rotatable bonds is 5. The van der Waals surface area contributed by atoms with Gasteiger partial charge in [0.15, 0.2) is 0 Å². The number of hydrogen-bond acceptors (Lipinski definition) is 5. The second kappa shape index (κ2) is 7.91. The predicted molar refractivity (Wildman–Crippen MR) is 102 cm³/mol. The van der Waals surface area contributed by atoms with Crippen LogP contribution in [0, 0.1) is 6.92 Å². The molecular formula is C20H25NO3S. The van der Waals surface area contributed by atoms with Crippen LogP contribution in [0.1, 0.15) is 58.1 Å². The third kappa shape index (κ3) is 3.98. The van der Waals surface area contributed by atoms with Crippen molar-refractivity contribution < 1.29 is 14.6 Å². The van der Waals surface area contributed by atoms with E-state index in [4.69, 9.17) is 4.74 Å². The molecule has 0 unspecified atom stereocenters. The third-order valence-electron chi connectivity index (χ3n) is 4.58. The monoisotopic (exact) mass is 359 g/mol. The van der Waals surface area contributed by atoms with Crippen molar-refractivity contribution in [2.24, 2.45) is 0 Å². The maximum atomic E-state index is 12.5. The highest BCUT2D eigenvalue weighted by Gasteiger charge is 2.25. The number of phenols is 1. The van der Waals surface area contributed by atoms with Crippen LogP contribution in [0.3, 0.4) is 0 Å². The molecule has 0 aliphatic heterocycles. The Hall–Kier alpha value is -2.01. The van der Waals surface area contributed by atoms with E-state index in [-0.39, 0.29) is 11.7 Å². The largest absolute Gasteiger partial charge is 0.508 e. The number of nitrogens with one attached hydrogen (secondary N) is 1. The lowest BCUT2D eigenvalue weighted by atomic mass is 10.1. The minimum absolute atomic E-state index is 0.238. The van der Waals surface area contributed by atoms with Gasteiger partial charge in [-0.1, -0.05) is 18.6 Å². The molecule has 0 atom stereocenters. The number of aryl methyl sites for hydroxylation is 2. The Labute approximate surface area is 152 Å². The van der Waals surface area contributed by atoms with Crippen molar-refractivity contribution in [2.75, 3.05) is 11.9 Å². The molecule has 0 spiro atoms. The molecule has 1 aromatic heterocycles. The van der Waals surface area contributed by atoms with Crippen molar-refractivity contribution in [1.82, 2.24) is 0 Å². The zero-order chi connectivity index (χ0) is 17.8. The minimum Gasteiger partial charge on any atom is -0.508 e. The van der Waals surface area contributed by atoms with E-state index in [0.717, 1.165) is 41.0 Å². The molecule has 1 aromatic carbocycles. The number of carbonyl (C=O) groups excluding carboxylic acids is 1. The fourth-order valence-electron chi connectivity index (χ4n) is 3.29. The third-order valence-corrected chi connectivity index (χ3v) is 5.83. The summed E-state index contributed by atoms with van der Waals surface area (Å²) in [6, 6.07) is 5.65. The zero-order valence-corrected chi connectivity index (χ0v) is 15.7. The summed E-state index contributed by atoms with van der Waals surface area (Å²) in [5.41, 5.74) is 3.72. The van der Waals surface area contributed by atoms with E-state index in [1.807, 2.05) is 26.0 Å². The van der Waals surface area contributed by atoms with Gasteiger partial charge in [0, 0.05) is 17.0 Å². The van der Waals surface area contributed by atoms with Crippen molar-refractivity contribution in [1.29, 1.82) is 0 Å². The summed E-state index contributed by atoms with van der Waals surface area (Å²) in [4.78, 5) is 13.8. The molecule has 2 N–H and O–H groups in total. The second-order valence-corrected chi connectivity index (χ2v) is 7.58. The molecule has 1 aliphatic rings. The topological polar surface area (TPSA) is 58.6 Å². The van der Waals surface area contributed by atoms with Crippen LogP contribution in [-0.2, 0) is 24.1 Å². The van der Waals surface area contributed by atoms with E-state index in [1.54, 1.807) is 17.4 Å². The highest BCUT2D eigenvalue weighted by Crippen LogP contribution is 2.38. The number of anilines is 1. The van der Waals surface area contributed by atoms with Crippen LogP contribution >= 0.6 is 11.3 Å². The predicted octanol–water partition coefficient (Wildman–Crippen LogP) is 4.82. The minimum atomic E-state index is -0.238. The lowest BCUT2D eigenvalue weighted by Crippen LogP contribution is -2.10. The summed E-state index contributed by atoms with van der Waals surface area (Å²) in [6.07, 6.45) is 5.48. The van der Waals surface area contributed by atoms with Crippen LogP contribution in [0.15, 0.2) is 18.2 Å². The van der Waals surface area contributed by atoms with Crippen molar-refractivity contribution in [3.8, 4) is 5.75 Å². The van der Waals surface area contributed by atoms with E-state index in [9.17, 15) is 9.90 Å². The first kappa shape index (κ1) is 17.8. The summed E-state index contributed by atoms with van der Waals surface area (Å²) in [5, 5.41) is 14.3. The fourth-order valence-corrected chi connectivity index (χ4v) is 4.56. The number of carbonyl (C=O) groups is 1. The molecule has 1 heterocycles. The Morgan fingerprint density at radius 1 is 1.28 bits per heavy atom. The normalized spacial score (nSPS) is 13.8. The van der Waals surface area contributed by atoms with E-state index in [0.29, 0.717) is 18.7 Å². The van der Waals surface area contributed by atoms with Crippen LogP contribution in [0.25, 0.3) is 0 Å². The van der Waals surface area contributed by atoms with Gasteiger partial charge in [0.05, 0.1) is 12.2 Å². The molecule has 0 fully saturated rings. The van der Waals surface area contributed by atoms with Crippen molar-refractivity contribution in [2.45, 2.75) is 52.5 Å². The summed E-state index contributed by atoms with van der Waals surface area (Å²) >= 11 is 1.66. The number of hydrogen-bond donors (Lipinski definition) is 2. The second-order valence-electron chi connectivity index (χ2n) is 6.47.